The van der Waals surface area contributed by atoms with Crippen LogP contribution in [0.25, 0.3) is 0 Å². The fraction of sp³-hybridized carbons (Fsp3) is 1.00. The van der Waals surface area contributed by atoms with E-state index in [-0.39, 0.29) is 6.10 Å². The van der Waals surface area contributed by atoms with Gasteiger partial charge in [-0.15, -0.1) is 0 Å². The van der Waals surface area contributed by atoms with Crippen molar-refractivity contribution in [1.29, 1.82) is 0 Å². The molecule has 0 aromatic heterocycles. The summed E-state index contributed by atoms with van der Waals surface area (Å²) in [5.41, 5.74) is 0. The number of hydrogen-bond donors (Lipinski definition) is 1. The van der Waals surface area contributed by atoms with Gasteiger partial charge in [0, 0.05) is 13.2 Å². The maximum absolute atomic E-state index is 9.66. The summed E-state index contributed by atoms with van der Waals surface area (Å²) in [6.07, 6.45) is 19.0. The van der Waals surface area contributed by atoms with E-state index in [0.717, 1.165) is 38.9 Å². The highest BCUT2D eigenvalue weighted by molar-refractivity contribution is 4.63. The van der Waals surface area contributed by atoms with Crippen molar-refractivity contribution >= 4 is 0 Å². The second kappa shape index (κ2) is 16.4. The van der Waals surface area contributed by atoms with Crippen LogP contribution in [0.3, 0.4) is 0 Å². The number of aliphatic hydroxyl groups is 1. The molecule has 1 heterocycles. The van der Waals surface area contributed by atoms with E-state index in [2.05, 4.69) is 6.92 Å². The third-order valence-corrected chi connectivity index (χ3v) is 5.06. The summed E-state index contributed by atoms with van der Waals surface area (Å²) in [5.74, 6) is 0. The Morgan fingerprint density at radius 2 is 1.46 bits per heavy atom. The van der Waals surface area contributed by atoms with E-state index in [1.165, 1.54) is 70.6 Å². The Morgan fingerprint density at radius 3 is 2.17 bits per heavy atom. The van der Waals surface area contributed by atoms with Crippen molar-refractivity contribution in [2.24, 2.45) is 0 Å². The molecule has 0 amide bonds. The molecular formula is C21H42O3. The summed E-state index contributed by atoms with van der Waals surface area (Å²) in [5, 5.41) is 9.66. The molecule has 3 heteroatoms. The molecule has 24 heavy (non-hydrogen) atoms. The molecule has 0 aromatic rings. The van der Waals surface area contributed by atoms with Gasteiger partial charge in [0.1, 0.15) is 0 Å². The van der Waals surface area contributed by atoms with Crippen molar-refractivity contribution < 1.29 is 14.6 Å². The first-order valence-corrected chi connectivity index (χ1v) is 10.7. The fourth-order valence-electron chi connectivity index (χ4n) is 3.42. The van der Waals surface area contributed by atoms with Crippen LogP contribution in [0.1, 0.15) is 103 Å². The summed E-state index contributed by atoms with van der Waals surface area (Å²) in [7, 11) is 0. The van der Waals surface area contributed by atoms with Crippen LogP contribution < -0.4 is 0 Å². The van der Waals surface area contributed by atoms with Gasteiger partial charge in [-0.05, 0) is 25.7 Å². The third kappa shape index (κ3) is 13.2. The first-order chi connectivity index (χ1) is 11.8. The van der Waals surface area contributed by atoms with E-state index in [4.69, 9.17) is 9.47 Å². The molecule has 0 radical (unpaired) electrons. The normalized spacial score (nSPS) is 23.2. The molecule has 0 spiro atoms. The molecule has 1 rings (SSSR count). The van der Waals surface area contributed by atoms with Crippen molar-refractivity contribution in [1.82, 2.24) is 0 Å². The van der Waals surface area contributed by atoms with Crippen LogP contribution in [0.5, 0.6) is 0 Å². The van der Waals surface area contributed by atoms with E-state index < -0.39 is 0 Å². The van der Waals surface area contributed by atoms with Gasteiger partial charge in [0.15, 0.2) is 0 Å². The Balaban J connectivity index is 1.90. The highest BCUT2D eigenvalue weighted by Gasteiger charge is 2.13. The Kier molecular flexibility index (Phi) is 14.9. The Bertz CT molecular complexity index is 245. The molecule has 0 bridgehead atoms. The van der Waals surface area contributed by atoms with E-state index in [1.54, 1.807) is 0 Å². The van der Waals surface area contributed by atoms with Gasteiger partial charge in [-0.1, -0.05) is 77.6 Å². The zero-order valence-corrected chi connectivity index (χ0v) is 16.1. The SMILES string of the molecule is CCCCCCCCCCCCOC1CCCCC(O)COCC1. The molecule has 2 unspecified atom stereocenters. The molecule has 144 valence electrons. The van der Waals surface area contributed by atoms with Crippen molar-refractivity contribution in [2.75, 3.05) is 19.8 Å². The standard InChI is InChI=1S/C21H42O3/c1-2-3-4-5-6-7-8-9-10-13-17-24-21-15-12-11-14-20(22)19-23-18-16-21/h20-22H,2-19H2,1H3. The molecule has 0 saturated carbocycles. The number of rotatable bonds is 12. The Labute approximate surface area is 150 Å². The summed E-state index contributed by atoms with van der Waals surface area (Å²) in [4.78, 5) is 0. The van der Waals surface area contributed by atoms with Gasteiger partial charge in [0.05, 0.1) is 18.8 Å². The molecular weight excluding hydrogens is 300 g/mol. The first kappa shape index (κ1) is 21.9. The molecule has 0 aromatic carbocycles. The lowest BCUT2D eigenvalue weighted by Gasteiger charge is -2.21. The van der Waals surface area contributed by atoms with Crippen LogP contribution in [0.4, 0.5) is 0 Å². The minimum atomic E-state index is -0.269. The predicted octanol–water partition coefficient (Wildman–Crippen LogP) is 5.63. The highest BCUT2D eigenvalue weighted by Crippen LogP contribution is 2.15. The molecule has 2 atom stereocenters. The van der Waals surface area contributed by atoms with Crippen molar-refractivity contribution in [3.8, 4) is 0 Å². The fourth-order valence-corrected chi connectivity index (χ4v) is 3.42. The second-order valence-electron chi connectivity index (χ2n) is 7.48. The molecule has 1 aliphatic rings. The van der Waals surface area contributed by atoms with Crippen LogP contribution in [0, 0.1) is 0 Å². The summed E-state index contributed by atoms with van der Waals surface area (Å²) in [6.45, 7) is 4.40. The van der Waals surface area contributed by atoms with E-state index in [1.807, 2.05) is 0 Å². The third-order valence-electron chi connectivity index (χ3n) is 5.06. The van der Waals surface area contributed by atoms with Gasteiger partial charge in [0.2, 0.25) is 0 Å². The van der Waals surface area contributed by atoms with E-state index in [9.17, 15) is 5.11 Å². The molecule has 1 saturated heterocycles. The summed E-state index contributed by atoms with van der Waals surface area (Å²) in [6, 6.07) is 0. The van der Waals surface area contributed by atoms with Gasteiger partial charge in [-0.25, -0.2) is 0 Å². The zero-order chi connectivity index (χ0) is 17.3. The number of aliphatic hydroxyl groups excluding tert-OH is 1. The zero-order valence-electron chi connectivity index (χ0n) is 16.1. The van der Waals surface area contributed by atoms with Crippen molar-refractivity contribution in [3.05, 3.63) is 0 Å². The Hall–Kier alpha value is -0.120. The molecule has 1 fully saturated rings. The largest absolute Gasteiger partial charge is 0.391 e. The van der Waals surface area contributed by atoms with Gasteiger partial charge < -0.3 is 14.6 Å². The number of unbranched alkanes of at least 4 members (excludes halogenated alkanes) is 9. The molecule has 1 aliphatic heterocycles. The van der Waals surface area contributed by atoms with Gasteiger partial charge in [-0.2, -0.15) is 0 Å². The van der Waals surface area contributed by atoms with Gasteiger partial charge in [0.25, 0.3) is 0 Å². The minimum absolute atomic E-state index is 0.269. The van der Waals surface area contributed by atoms with E-state index in [0.29, 0.717) is 12.7 Å². The van der Waals surface area contributed by atoms with Crippen LogP contribution in [-0.4, -0.2) is 37.1 Å². The number of hydrogen-bond acceptors (Lipinski definition) is 3. The van der Waals surface area contributed by atoms with Crippen LogP contribution in [0.2, 0.25) is 0 Å². The van der Waals surface area contributed by atoms with E-state index >= 15 is 0 Å². The lowest BCUT2D eigenvalue weighted by molar-refractivity contribution is -0.0149. The summed E-state index contributed by atoms with van der Waals surface area (Å²) < 4.78 is 11.6. The minimum Gasteiger partial charge on any atom is -0.391 e. The maximum atomic E-state index is 9.66. The smallest absolute Gasteiger partial charge is 0.0773 e. The molecule has 0 aliphatic carbocycles. The van der Waals surface area contributed by atoms with Crippen LogP contribution in [-0.2, 0) is 9.47 Å². The highest BCUT2D eigenvalue weighted by atomic mass is 16.5. The van der Waals surface area contributed by atoms with Crippen LogP contribution >= 0.6 is 0 Å². The Morgan fingerprint density at radius 1 is 0.833 bits per heavy atom. The topological polar surface area (TPSA) is 38.7 Å². The summed E-state index contributed by atoms with van der Waals surface area (Å²) >= 11 is 0. The lowest BCUT2D eigenvalue weighted by Crippen LogP contribution is -2.22. The maximum Gasteiger partial charge on any atom is 0.0773 e. The molecule has 1 N–H and O–H groups in total. The average molecular weight is 343 g/mol. The van der Waals surface area contributed by atoms with Crippen molar-refractivity contribution in [3.63, 3.8) is 0 Å². The quantitative estimate of drug-likeness (QED) is 0.467. The second-order valence-corrected chi connectivity index (χ2v) is 7.48. The lowest BCUT2D eigenvalue weighted by atomic mass is 10.0. The first-order valence-electron chi connectivity index (χ1n) is 10.7. The monoisotopic (exact) mass is 342 g/mol. The predicted molar refractivity (Wildman–Crippen MR) is 101 cm³/mol. The van der Waals surface area contributed by atoms with Gasteiger partial charge in [-0.3, -0.25) is 0 Å². The number of ether oxygens (including phenoxy) is 2. The van der Waals surface area contributed by atoms with Crippen molar-refractivity contribution in [2.45, 2.75) is 115 Å². The van der Waals surface area contributed by atoms with Gasteiger partial charge >= 0.3 is 0 Å². The van der Waals surface area contributed by atoms with Crippen LogP contribution in [0.15, 0.2) is 0 Å². The molecule has 3 nitrogen and oxygen atoms in total. The average Bonchev–Trinajstić information content (AvgIpc) is 2.59.